The van der Waals surface area contributed by atoms with Crippen LogP contribution in [-0.4, -0.2) is 18.8 Å². The summed E-state index contributed by atoms with van der Waals surface area (Å²) in [5.41, 5.74) is 5.36. The molecule has 1 aliphatic heterocycles. The highest BCUT2D eigenvalue weighted by Gasteiger charge is 2.02. The van der Waals surface area contributed by atoms with Crippen molar-refractivity contribution in [2.75, 3.05) is 6.54 Å². The van der Waals surface area contributed by atoms with E-state index in [1.165, 1.54) is 0 Å². The van der Waals surface area contributed by atoms with E-state index < -0.39 is 0 Å². The lowest BCUT2D eigenvalue weighted by atomic mass is 10.1. The first-order valence-corrected chi connectivity index (χ1v) is 3.32. The van der Waals surface area contributed by atoms with E-state index in [1.807, 2.05) is 12.3 Å². The number of dihydropyridines is 1. The molecule has 0 aromatic heterocycles. The molecule has 1 aliphatic rings. The second-order valence-corrected chi connectivity index (χ2v) is 2.19. The van der Waals surface area contributed by atoms with Crippen molar-refractivity contribution in [1.29, 1.82) is 0 Å². The fourth-order valence-corrected chi connectivity index (χ4v) is 0.914. The van der Waals surface area contributed by atoms with Crippen molar-refractivity contribution in [3.05, 3.63) is 12.2 Å². The smallest absolute Gasteiger partial charge is 0.0546 e. The Morgan fingerprint density at radius 1 is 1.67 bits per heavy atom. The van der Waals surface area contributed by atoms with E-state index in [1.54, 1.807) is 0 Å². The van der Waals surface area contributed by atoms with Gasteiger partial charge in [0.2, 0.25) is 0 Å². The first-order chi connectivity index (χ1) is 4.43. The molecule has 2 heteroatoms. The molecule has 2 nitrogen and oxygen atoms in total. The van der Waals surface area contributed by atoms with Crippen LogP contribution in [-0.2, 0) is 0 Å². The quantitative estimate of drug-likeness (QED) is 0.579. The zero-order chi connectivity index (χ0) is 6.53. The number of allylic oxidation sites excluding steroid dienone is 1. The third-order valence-corrected chi connectivity index (χ3v) is 1.43. The van der Waals surface area contributed by atoms with Gasteiger partial charge in [0.15, 0.2) is 0 Å². The lowest BCUT2D eigenvalue weighted by molar-refractivity contribution is 0.631. The molecule has 0 amide bonds. The minimum absolute atomic E-state index is 0.458. The van der Waals surface area contributed by atoms with E-state index in [0.29, 0.717) is 6.04 Å². The van der Waals surface area contributed by atoms with E-state index >= 15 is 0 Å². The van der Waals surface area contributed by atoms with Crippen LogP contribution in [0.3, 0.4) is 0 Å². The first-order valence-electron chi connectivity index (χ1n) is 3.32. The van der Waals surface area contributed by atoms with Gasteiger partial charge < -0.3 is 5.73 Å². The predicted molar refractivity (Wildman–Crippen MR) is 39.7 cm³/mol. The summed E-state index contributed by atoms with van der Waals surface area (Å²) in [6.45, 7) is 0.746. The topological polar surface area (TPSA) is 38.4 Å². The van der Waals surface area contributed by atoms with Gasteiger partial charge in [-0.25, -0.2) is 0 Å². The van der Waals surface area contributed by atoms with Crippen LogP contribution in [0.5, 0.6) is 0 Å². The lowest BCUT2D eigenvalue weighted by Crippen LogP contribution is -2.12. The molecular formula is C7H12N2. The monoisotopic (exact) mass is 124 g/mol. The van der Waals surface area contributed by atoms with Crippen molar-refractivity contribution >= 4 is 6.21 Å². The molecule has 1 heterocycles. The fourth-order valence-electron chi connectivity index (χ4n) is 0.914. The standard InChI is InChI=1S/C7H12N2/c8-5-4-7-3-1-2-6-9-7/h1-2,6-7H,3-5,8H2. The minimum Gasteiger partial charge on any atom is -0.330 e. The zero-order valence-electron chi connectivity index (χ0n) is 5.46. The third-order valence-electron chi connectivity index (χ3n) is 1.43. The highest BCUT2D eigenvalue weighted by atomic mass is 14.8. The van der Waals surface area contributed by atoms with Gasteiger partial charge >= 0.3 is 0 Å². The summed E-state index contributed by atoms with van der Waals surface area (Å²) in [5.74, 6) is 0. The van der Waals surface area contributed by atoms with Crippen molar-refractivity contribution in [2.45, 2.75) is 18.9 Å². The number of hydrogen-bond donors (Lipinski definition) is 1. The summed E-state index contributed by atoms with van der Waals surface area (Å²) in [6, 6.07) is 0.458. The SMILES string of the molecule is NCCC1CC=CC=N1. The van der Waals surface area contributed by atoms with Gasteiger partial charge in [0.1, 0.15) is 0 Å². The van der Waals surface area contributed by atoms with Gasteiger partial charge in [-0.3, -0.25) is 4.99 Å². The normalized spacial score (nSPS) is 24.8. The second kappa shape index (κ2) is 3.41. The van der Waals surface area contributed by atoms with Gasteiger partial charge in [0.25, 0.3) is 0 Å². The molecule has 0 fully saturated rings. The Balaban J connectivity index is 2.28. The average molecular weight is 124 g/mol. The Bertz CT molecular complexity index is 127. The summed E-state index contributed by atoms with van der Waals surface area (Å²) in [4.78, 5) is 4.23. The molecule has 9 heavy (non-hydrogen) atoms. The zero-order valence-corrected chi connectivity index (χ0v) is 5.46. The molecule has 1 unspecified atom stereocenters. The average Bonchev–Trinajstić information content (AvgIpc) is 1.91. The van der Waals surface area contributed by atoms with Crippen LogP contribution in [0.1, 0.15) is 12.8 Å². The van der Waals surface area contributed by atoms with Crippen molar-refractivity contribution in [2.24, 2.45) is 10.7 Å². The molecule has 0 spiro atoms. The molecule has 0 radical (unpaired) electrons. The minimum atomic E-state index is 0.458. The molecule has 0 bridgehead atoms. The maximum absolute atomic E-state index is 5.36. The van der Waals surface area contributed by atoms with E-state index in [2.05, 4.69) is 11.1 Å². The molecule has 50 valence electrons. The highest BCUT2D eigenvalue weighted by molar-refractivity contribution is 5.72. The molecule has 0 aromatic rings. The molecular weight excluding hydrogens is 112 g/mol. The summed E-state index contributed by atoms with van der Waals surface area (Å²) in [7, 11) is 0. The molecule has 0 saturated heterocycles. The molecule has 0 saturated carbocycles. The predicted octanol–water partition coefficient (Wildman–Crippen LogP) is 0.735. The van der Waals surface area contributed by atoms with Gasteiger partial charge in [-0.1, -0.05) is 6.08 Å². The van der Waals surface area contributed by atoms with Gasteiger partial charge in [-0.2, -0.15) is 0 Å². The first kappa shape index (κ1) is 6.49. The van der Waals surface area contributed by atoms with Crippen molar-refractivity contribution in [1.82, 2.24) is 0 Å². The number of aliphatic imine (C=N–C) groups is 1. The summed E-state index contributed by atoms with van der Waals surface area (Å²) in [6.07, 6.45) is 8.04. The Labute approximate surface area is 55.5 Å². The molecule has 1 rings (SSSR count). The summed E-state index contributed by atoms with van der Waals surface area (Å²) >= 11 is 0. The van der Waals surface area contributed by atoms with Crippen LogP contribution in [0.2, 0.25) is 0 Å². The Hall–Kier alpha value is -0.630. The van der Waals surface area contributed by atoms with Crippen LogP contribution < -0.4 is 5.73 Å². The van der Waals surface area contributed by atoms with Crippen LogP contribution in [0, 0.1) is 0 Å². The number of rotatable bonds is 2. The van der Waals surface area contributed by atoms with Gasteiger partial charge in [0.05, 0.1) is 6.04 Å². The molecule has 1 atom stereocenters. The van der Waals surface area contributed by atoms with Crippen LogP contribution in [0.25, 0.3) is 0 Å². The fraction of sp³-hybridized carbons (Fsp3) is 0.571. The van der Waals surface area contributed by atoms with Crippen molar-refractivity contribution in [3.8, 4) is 0 Å². The highest BCUT2D eigenvalue weighted by Crippen LogP contribution is 2.05. The molecule has 0 aromatic carbocycles. The van der Waals surface area contributed by atoms with Gasteiger partial charge in [-0.05, 0) is 25.5 Å². The maximum Gasteiger partial charge on any atom is 0.0546 e. The third kappa shape index (κ3) is 1.98. The number of hydrogen-bond acceptors (Lipinski definition) is 2. The van der Waals surface area contributed by atoms with Crippen LogP contribution >= 0.6 is 0 Å². The lowest BCUT2D eigenvalue weighted by Gasteiger charge is -2.09. The number of nitrogens with zero attached hydrogens (tertiary/aromatic N) is 1. The van der Waals surface area contributed by atoms with Crippen molar-refractivity contribution in [3.63, 3.8) is 0 Å². The van der Waals surface area contributed by atoms with Gasteiger partial charge in [0, 0.05) is 6.21 Å². The Morgan fingerprint density at radius 2 is 2.56 bits per heavy atom. The van der Waals surface area contributed by atoms with Crippen LogP contribution in [0.15, 0.2) is 17.1 Å². The van der Waals surface area contributed by atoms with E-state index in [-0.39, 0.29) is 0 Å². The Kier molecular flexibility index (Phi) is 2.46. The Morgan fingerprint density at radius 3 is 3.11 bits per heavy atom. The largest absolute Gasteiger partial charge is 0.330 e. The molecule has 0 aliphatic carbocycles. The molecule has 2 N–H and O–H groups in total. The maximum atomic E-state index is 5.36. The van der Waals surface area contributed by atoms with E-state index in [4.69, 9.17) is 5.73 Å². The number of nitrogens with two attached hydrogens (primary N) is 1. The summed E-state index contributed by atoms with van der Waals surface area (Å²) < 4.78 is 0. The summed E-state index contributed by atoms with van der Waals surface area (Å²) in [5, 5.41) is 0. The van der Waals surface area contributed by atoms with E-state index in [9.17, 15) is 0 Å². The van der Waals surface area contributed by atoms with Crippen molar-refractivity contribution < 1.29 is 0 Å². The van der Waals surface area contributed by atoms with E-state index in [0.717, 1.165) is 19.4 Å². The van der Waals surface area contributed by atoms with Crippen LogP contribution in [0.4, 0.5) is 0 Å². The van der Waals surface area contributed by atoms with Gasteiger partial charge in [-0.15, -0.1) is 0 Å². The second-order valence-electron chi connectivity index (χ2n) is 2.19.